The molecule has 0 aromatic carbocycles. The highest BCUT2D eigenvalue weighted by Gasteiger charge is 2.29. The van der Waals surface area contributed by atoms with Crippen LogP contribution in [-0.2, 0) is 10.2 Å². The number of aliphatic hydroxyl groups excluding tert-OH is 1. The molecule has 0 aromatic heterocycles. The molecule has 1 rings (SSSR count). The van der Waals surface area contributed by atoms with Crippen molar-refractivity contribution in [1.82, 2.24) is 9.44 Å². The van der Waals surface area contributed by atoms with E-state index in [1.807, 2.05) is 0 Å². The van der Waals surface area contributed by atoms with Crippen molar-refractivity contribution in [1.29, 1.82) is 0 Å². The van der Waals surface area contributed by atoms with Gasteiger partial charge in [0.2, 0.25) is 0 Å². The monoisotopic (exact) mass is 264 g/mol. The molecule has 2 atom stereocenters. The topological polar surface area (TPSA) is 78.4 Å². The van der Waals surface area contributed by atoms with E-state index in [4.69, 9.17) is 0 Å². The fourth-order valence-electron chi connectivity index (χ4n) is 2.21. The number of aliphatic hydroxyl groups is 1. The Balaban J connectivity index is 2.62. The van der Waals surface area contributed by atoms with Gasteiger partial charge in [-0.1, -0.05) is 12.8 Å². The van der Waals surface area contributed by atoms with Crippen LogP contribution in [0.15, 0.2) is 0 Å². The Kier molecular flexibility index (Phi) is 4.95. The molecule has 0 heterocycles. The van der Waals surface area contributed by atoms with Gasteiger partial charge < -0.3 is 5.11 Å². The van der Waals surface area contributed by atoms with Crippen LogP contribution in [0.1, 0.15) is 46.5 Å². The normalized spacial score (nSPS) is 27.1. The Hall–Kier alpha value is -0.170. The summed E-state index contributed by atoms with van der Waals surface area (Å²) in [6, 6.07) is -0.145. The van der Waals surface area contributed by atoms with Crippen LogP contribution in [0.25, 0.3) is 0 Å². The Bertz CT molecular complexity index is 335. The van der Waals surface area contributed by atoms with Crippen LogP contribution in [0, 0.1) is 5.92 Å². The van der Waals surface area contributed by atoms with Crippen molar-refractivity contribution in [2.45, 2.75) is 58.0 Å². The fourth-order valence-corrected chi connectivity index (χ4v) is 3.79. The first-order valence-electron chi connectivity index (χ1n) is 6.15. The van der Waals surface area contributed by atoms with Crippen molar-refractivity contribution in [2.24, 2.45) is 5.92 Å². The SMILES string of the molecule is CC(C)(C)NS(=O)(=O)NC1CCCCC1CO. The first-order chi connectivity index (χ1) is 7.73. The Morgan fingerprint density at radius 2 is 1.82 bits per heavy atom. The average Bonchev–Trinajstić information content (AvgIpc) is 2.14. The lowest BCUT2D eigenvalue weighted by Gasteiger charge is -2.31. The second-order valence-corrected chi connectivity index (χ2v) is 7.25. The van der Waals surface area contributed by atoms with Crippen LogP contribution < -0.4 is 9.44 Å². The zero-order chi connectivity index (χ0) is 13.1. The predicted molar refractivity (Wildman–Crippen MR) is 67.8 cm³/mol. The zero-order valence-corrected chi connectivity index (χ0v) is 11.7. The van der Waals surface area contributed by atoms with Crippen molar-refractivity contribution in [2.75, 3.05) is 6.61 Å². The van der Waals surface area contributed by atoms with E-state index in [2.05, 4.69) is 9.44 Å². The summed E-state index contributed by atoms with van der Waals surface area (Å²) in [5.74, 6) is 0.0419. The molecule has 0 radical (unpaired) electrons. The zero-order valence-electron chi connectivity index (χ0n) is 10.9. The standard InChI is InChI=1S/C11H24N2O3S/c1-11(2,3)13-17(15,16)12-10-7-5-4-6-9(10)8-14/h9-10,12-14H,4-8H2,1-3H3. The maximum atomic E-state index is 11.9. The minimum absolute atomic E-state index is 0.0419. The molecule has 0 aromatic rings. The number of nitrogens with one attached hydrogen (secondary N) is 2. The van der Waals surface area contributed by atoms with E-state index < -0.39 is 15.7 Å². The molecule has 0 aliphatic heterocycles. The van der Waals surface area contributed by atoms with Crippen LogP contribution in [0.2, 0.25) is 0 Å². The summed E-state index contributed by atoms with van der Waals surface area (Å²) >= 11 is 0. The Morgan fingerprint density at radius 3 is 2.35 bits per heavy atom. The summed E-state index contributed by atoms with van der Waals surface area (Å²) in [5, 5.41) is 9.24. The maximum Gasteiger partial charge on any atom is 0.277 e. The highest BCUT2D eigenvalue weighted by atomic mass is 32.2. The largest absolute Gasteiger partial charge is 0.396 e. The van der Waals surface area contributed by atoms with E-state index in [0.717, 1.165) is 25.7 Å². The number of hydrogen-bond donors (Lipinski definition) is 3. The molecule has 6 heteroatoms. The maximum absolute atomic E-state index is 11.9. The van der Waals surface area contributed by atoms with E-state index in [-0.39, 0.29) is 18.6 Å². The van der Waals surface area contributed by atoms with Crippen LogP contribution in [0.3, 0.4) is 0 Å². The third kappa shape index (κ3) is 5.33. The van der Waals surface area contributed by atoms with Crippen molar-refractivity contribution >= 4 is 10.2 Å². The van der Waals surface area contributed by atoms with Gasteiger partial charge in [-0.3, -0.25) is 0 Å². The second kappa shape index (κ2) is 5.65. The highest BCUT2D eigenvalue weighted by Crippen LogP contribution is 2.24. The van der Waals surface area contributed by atoms with Gasteiger partial charge in [0.1, 0.15) is 0 Å². The number of hydrogen-bond acceptors (Lipinski definition) is 3. The summed E-state index contributed by atoms with van der Waals surface area (Å²) in [6.07, 6.45) is 3.77. The molecule has 0 amide bonds. The first kappa shape index (κ1) is 14.9. The van der Waals surface area contributed by atoms with Crippen LogP contribution in [-0.4, -0.2) is 31.7 Å². The molecule has 1 saturated carbocycles. The van der Waals surface area contributed by atoms with Crippen molar-refractivity contribution in [3.8, 4) is 0 Å². The Labute approximate surface area is 104 Å². The van der Waals surface area contributed by atoms with E-state index in [1.165, 1.54) is 0 Å². The molecule has 102 valence electrons. The lowest BCUT2D eigenvalue weighted by Crippen LogP contribution is -2.52. The van der Waals surface area contributed by atoms with Gasteiger partial charge in [-0.05, 0) is 39.5 Å². The molecule has 17 heavy (non-hydrogen) atoms. The highest BCUT2D eigenvalue weighted by molar-refractivity contribution is 7.87. The first-order valence-corrected chi connectivity index (χ1v) is 7.64. The molecule has 0 bridgehead atoms. The smallest absolute Gasteiger partial charge is 0.277 e. The van der Waals surface area contributed by atoms with Crippen LogP contribution in [0.5, 0.6) is 0 Å². The van der Waals surface area contributed by atoms with Gasteiger partial charge in [0.15, 0.2) is 0 Å². The molecule has 0 saturated heterocycles. The van der Waals surface area contributed by atoms with Gasteiger partial charge in [-0.2, -0.15) is 17.9 Å². The third-order valence-corrected chi connectivity index (χ3v) is 4.38. The summed E-state index contributed by atoms with van der Waals surface area (Å²) in [4.78, 5) is 0. The lowest BCUT2D eigenvalue weighted by molar-refractivity contribution is 0.163. The van der Waals surface area contributed by atoms with E-state index >= 15 is 0 Å². The quantitative estimate of drug-likeness (QED) is 0.701. The van der Waals surface area contributed by atoms with E-state index in [1.54, 1.807) is 20.8 Å². The van der Waals surface area contributed by atoms with Crippen LogP contribution in [0.4, 0.5) is 0 Å². The van der Waals surface area contributed by atoms with Gasteiger partial charge >= 0.3 is 0 Å². The molecule has 0 spiro atoms. The van der Waals surface area contributed by atoms with Crippen molar-refractivity contribution < 1.29 is 13.5 Å². The molecule has 5 nitrogen and oxygen atoms in total. The van der Waals surface area contributed by atoms with Crippen molar-refractivity contribution in [3.63, 3.8) is 0 Å². The summed E-state index contributed by atoms with van der Waals surface area (Å²) < 4.78 is 29.0. The molecule has 1 aliphatic rings. The van der Waals surface area contributed by atoms with Crippen LogP contribution >= 0.6 is 0 Å². The second-order valence-electron chi connectivity index (χ2n) is 5.81. The van der Waals surface area contributed by atoms with E-state index in [9.17, 15) is 13.5 Å². The molecule has 3 N–H and O–H groups in total. The molecular formula is C11H24N2O3S. The van der Waals surface area contributed by atoms with Crippen molar-refractivity contribution in [3.05, 3.63) is 0 Å². The van der Waals surface area contributed by atoms with Gasteiger partial charge in [0, 0.05) is 18.2 Å². The summed E-state index contributed by atoms with van der Waals surface area (Å²) in [5.41, 5.74) is -0.491. The fraction of sp³-hybridized carbons (Fsp3) is 1.00. The van der Waals surface area contributed by atoms with Gasteiger partial charge in [-0.15, -0.1) is 0 Å². The minimum Gasteiger partial charge on any atom is -0.396 e. The third-order valence-electron chi connectivity index (χ3n) is 2.89. The lowest BCUT2D eigenvalue weighted by atomic mass is 9.86. The molecule has 2 unspecified atom stereocenters. The summed E-state index contributed by atoms with van der Waals surface area (Å²) in [6.45, 7) is 5.45. The molecular weight excluding hydrogens is 240 g/mol. The van der Waals surface area contributed by atoms with Gasteiger partial charge in [-0.25, -0.2) is 0 Å². The summed E-state index contributed by atoms with van der Waals surface area (Å²) in [7, 11) is -3.49. The van der Waals surface area contributed by atoms with Gasteiger partial charge in [0.25, 0.3) is 10.2 Å². The number of rotatable bonds is 4. The van der Waals surface area contributed by atoms with E-state index in [0.29, 0.717) is 0 Å². The Morgan fingerprint density at radius 1 is 1.24 bits per heavy atom. The predicted octanol–water partition coefficient (Wildman–Crippen LogP) is 0.760. The molecule has 1 fully saturated rings. The van der Waals surface area contributed by atoms with Gasteiger partial charge in [0.05, 0.1) is 0 Å². The average molecular weight is 264 g/mol. The molecule has 1 aliphatic carbocycles. The minimum atomic E-state index is -3.49.